The molecule has 2 aromatic rings. The Morgan fingerprint density at radius 1 is 1.05 bits per heavy atom. The number of methoxy groups -OCH3 is 1. The predicted octanol–water partition coefficient (Wildman–Crippen LogP) is 4.46. The first-order valence-electron chi connectivity index (χ1n) is 12.7. The number of nitro groups is 1. The van der Waals surface area contributed by atoms with Gasteiger partial charge >= 0.3 is 11.9 Å². The Labute approximate surface area is 222 Å². The average molecular weight is 520 g/mol. The minimum Gasteiger partial charge on any atom is -0.466 e. The van der Waals surface area contributed by atoms with Gasteiger partial charge in [-0.1, -0.05) is 42.5 Å². The van der Waals surface area contributed by atoms with Gasteiger partial charge in [-0.2, -0.15) is 0 Å². The van der Waals surface area contributed by atoms with Crippen LogP contribution in [0.4, 0.5) is 5.69 Å². The number of hydrogen-bond donors (Lipinski definition) is 1. The maximum Gasteiger partial charge on any atom is 0.336 e. The van der Waals surface area contributed by atoms with E-state index in [1.54, 1.807) is 26.0 Å². The number of non-ortho nitro benzene ring substituents is 1. The van der Waals surface area contributed by atoms with E-state index in [9.17, 15) is 19.7 Å². The van der Waals surface area contributed by atoms with Crippen LogP contribution in [0, 0.1) is 16.0 Å². The van der Waals surface area contributed by atoms with Crippen LogP contribution in [0.5, 0.6) is 0 Å². The number of carbonyl (C=O) groups excluding carboxylic acids is 2. The third-order valence-corrected chi connectivity index (χ3v) is 7.10. The number of ether oxygens (including phenoxy) is 2. The molecule has 2 aromatic carbocycles. The molecule has 4 rings (SSSR count). The van der Waals surface area contributed by atoms with Crippen LogP contribution in [0.25, 0.3) is 0 Å². The fourth-order valence-corrected chi connectivity index (χ4v) is 5.34. The van der Waals surface area contributed by atoms with Gasteiger partial charge < -0.3 is 14.8 Å². The number of carbonyl (C=O) groups is 2. The van der Waals surface area contributed by atoms with E-state index in [4.69, 9.17) is 9.47 Å². The molecule has 2 aliphatic heterocycles. The number of allylic oxidation sites excluding steroid dienone is 2. The van der Waals surface area contributed by atoms with Crippen LogP contribution in [0.3, 0.4) is 0 Å². The Morgan fingerprint density at radius 2 is 1.76 bits per heavy atom. The minimum absolute atomic E-state index is 0.131. The second-order valence-corrected chi connectivity index (χ2v) is 9.81. The molecule has 2 atom stereocenters. The second-order valence-electron chi connectivity index (χ2n) is 9.81. The smallest absolute Gasteiger partial charge is 0.336 e. The lowest BCUT2D eigenvalue weighted by molar-refractivity contribution is -0.384. The lowest BCUT2D eigenvalue weighted by Crippen LogP contribution is -2.37. The average Bonchev–Trinajstić information content (AvgIpc) is 2.91. The van der Waals surface area contributed by atoms with Crippen LogP contribution in [0.2, 0.25) is 0 Å². The molecule has 1 N–H and O–H groups in total. The number of hydrogen-bond acceptors (Lipinski definition) is 8. The second kappa shape index (κ2) is 12.0. The van der Waals surface area contributed by atoms with Crippen molar-refractivity contribution in [3.8, 4) is 0 Å². The van der Waals surface area contributed by atoms with Crippen LogP contribution in [-0.2, 0) is 25.6 Å². The van der Waals surface area contributed by atoms with Crippen molar-refractivity contribution in [1.29, 1.82) is 0 Å². The van der Waals surface area contributed by atoms with Gasteiger partial charge in [-0.05, 0) is 44.4 Å². The lowest BCUT2D eigenvalue weighted by Gasteiger charge is -2.33. The molecule has 200 valence electrons. The van der Waals surface area contributed by atoms with E-state index in [-0.39, 0.29) is 29.4 Å². The zero-order chi connectivity index (χ0) is 27.2. The number of nitrogens with one attached hydrogen (secondary N) is 1. The largest absolute Gasteiger partial charge is 0.466 e. The number of dihydropyridines is 1. The summed E-state index contributed by atoms with van der Waals surface area (Å²) in [5.74, 6) is -1.85. The summed E-state index contributed by atoms with van der Waals surface area (Å²) in [5, 5.41) is 14.6. The molecule has 38 heavy (non-hydrogen) atoms. The van der Waals surface area contributed by atoms with E-state index in [0.717, 1.165) is 32.5 Å². The molecule has 0 aliphatic carbocycles. The van der Waals surface area contributed by atoms with Crippen molar-refractivity contribution in [2.75, 3.05) is 26.8 Å². The zero-order valence-corrected chi connectivity index (χ0v) is 21.9. The van der Waals surface area contributed by atoms with Crippen molar-refractivity contribution in [3.63, 3.8) is 0 Å². The third-order valence-electron chi connectivity index (χ3n) is 7.10. The summed E-state index contributed by atoms with van der Waals surface area (Å²) < 4.78 is 10.9. The summed E-state index contributed by atoms with van der Waals surface area (Å²) in [4.78, 5) is 39.7. The molecule has 9 nitrogen and oxygen atoms in total. The van der Waals surface area contributed by atoms with Crippen LogP contribution < -0.4 is 5.32 Å². The standard InChI is InChI=1S/C29H33N3O6/c1-19-25(28(33)37-3)27(23-12-7-13-24(15-23)32(35)36)26(20(2)30-19)29(34)38-18-22-11-8-14-31(17-22)16-21-9-5-4-6-10-21/h4-7,9-10,12-13,15,22,27,30H,8,11,14,16-18H2,1-3H3. The van der Waals surface area contributed by atoms with E-state index < -0.39 is 22.8 Å². The number of rotatable bonds is 8. The van der Waals surface area contributed by atoms with Gasteiger partial charge in [-0.15, -0.1) is 0 Å². The normalized spacial score (nSPS) is 20.1. The lowest BCUT2D eigenvalue weighted by atomic mass is 9.80. The number of esters is 2. The molecule has 2 heterocycles. The van der Waals surface area contributed by atoms with Crippen LogP contribution in [0.15, 0.2) is 77.1 Å². The summed E-state index contributed by atoms with van der Waals surface area (Å²) >= 11 is 0. The minimum atomic E-state index is -0.864. The highest BCUT2D eigenvalue weighted by Gasteiger charge is 2.38. The fraction of sp³-hybridized carbons (Fsp3) is 0.379. The van der Waals surface area contributed by atoms with Gasteiger partial charge in [0.2, 0.25) is 0 Å². The van der Waals surface area contributed by atoms with Gasteiger partial charge in [-0.3, -0.25) is 15.0 Å². The van der Waals surface area contributed by atoms with Crippen LogP contribution in [-0.4, -0.2) is 48.6 Å². The highest BCUT2D eigenvalue weighted by molar-refractivity contribution is 5.99. The van der Waals surface area contributed by atoms with Gasteiger partial charge in [0.05, 0.1) is 35.7 Å². The molecule has 1 fully saturated rings. The van der Waals surface area contributed by atoms with Gasteiger partial charge in [0, 0.05) is 42.5 Å². The molecule has 0 aromatic heterocycles. The van der Waals surface area contributed by atoms with Crippen LogP contribution >= 0.6 is 0 Å². The van der Waals surface area contributed by atoms with Crippen molar-refractivity contribution >= 4 is 17.6 Å². The van der Waals surface area contributed by atoms with Crippen molar-refractivity contribution in [2.24, 2.45) is 5.92 Å². The summed E-state index contributed by atoms with van der Waals surface area (Å²) in [5.41, 5.74) is 3.08. The van der Waals surface area contributed by atoms with E-state index in [1.807, 2.05) is 18.2 Å². The van der Waals surface area contributed by atoms with E-state index in [1.165, 1.54) is 24.8 Å². The highest BCUT2D eigenvalue weighted by atomic mass is 16.6. The van der Waals surface area contributed by atoms with Gasteiger partial charge in [0.15, 0.2) is 0 Å². The first-order chi connectivity index (χ1) is 18.3. The molecule has 2 aliphatic rings. The van der Waals surface area contributed by atoms with Gasteiger partial charge in [0.25, 0.3) is 5.69 Å². The molecule has 0 saturated carbocycles. The first-order valence-corrected chi connectivity index (χ1v) is 12.7. The van der Waals surface area contributed by atoms with E-state index in [2.05, 4.69) is 22.3 Å². The number of likely N-dealkylation sites (tertiary alicyclic amines) is 1. The Bertz CT molecular complexity index is 1270. The van der Waals surface area contributed by atoms with Crippen molar-refractivity contribution in [1.82, 2.24) is 10.2 Å². The monoisotopic (exact) mass is 519 g/mol. The summed E-state index contributed by atoms with van der Waals surface area (Å²) in [6, 6.07) is 16.3. The number of nitro benzene ring substituents is 1. The molecule has 0 bridgehead atoms. The molecular formula is C29H33N3O6. The zero-order valence-electron chi connectivity index (χ0n) is 21.9. The van der Waals surface area contributed by atoms with E-state index >= 15 is 0 Å². The first kappa shape index (κ1) is 27.1. The van der Waals surface area contributed by atoms with Gasteiger partial charge in [-0.25, -0.2) is 9.59 Å². The van der Waals surface area contributed by atoms with Crippen molar-refractivity contribution < 1.29 is 24.0 Å². The highest BCUT2D eigenvalue weighted by Crippen LogP contribution is 2.40. The molecule has 1 saturated heterocycles. The summed E-state index contributed by atoms with van der Waals surface area (Å²) in [7, 11) is 1.26. The molecule has 9 heteroatoms. The number of benzene rings is 2. The Morgan fingerprint density at radius 3 is 2.45 bits per heavy atom. The molecule has 2 unspecified atom stereocenters. The van der Waals surface area contributed by atoms with Crippen molar-refractivity contribution in [2.45, 2.75) is 39.2 Å². The van der Waals surface area contributed by atoms with Crippen molar-refractivity contribution in [3.05, 3.63) is 98.4 Å². The predicted molar refractivity (Wildman–Crippen MR) is 142 cm³/mol. The van der Waals surface area contributed by atoms with E-state index in [0.29, 0.717) is 17.0 Å². The Kier molecular flexibility index (Phi) is 8.58. The maximum absolute atomic E-state index is 13.5. The fourth-order valence-electron chi connectivity index (χ4n) is 5.34. The molecular weight excluding hydrogens is 486 g/mol. The maximum atomic E-state index is 13.5. The molecule has 0 spiro atoms. The Balaban J connectivity index is 1.54. The van der Waals surface area contributed by atoms with Crippen LogP contribution in [0.1, 0.15) is 43.7 Å². The molecule has 0 radical (unpaired) electrons. The van der Waals surface area contributed by atoms with Gasteiger partial charge in [0.1, 0.15) is 0 Å². The topological polar surface area (TPSA) is 111 Å². The summed E-state index contributed by atoms with van der Waals surface area (Å²) in [6.07, 6.45) is 1.97. The Hall–Kier alpha value is -3.98. The quantitative estimate of drug-likeness (QED) is 0.309. The summed E-state index contributed by atoms with van der Waals surface area (Å²) in [6.45, 7) is 6.36. The number of nitrogens with zero attached hydrogens (tertiary/aromatic N) is 2. The molecule has 0 amide bonds. The third kappa shape index (κ3) is 6.11. The SMILES string of the molecule is COC(=O)C1=C(C)NC(C)=C(C(=O)OCC2CCCN(Cc3ccccc3)C2)C1c1cccc([N+](=O)[O-])c1. The number of piperidine rings is 1.